The monoisotopic (exact) mass is 511 g/mol. The molecule has 4 atom stereocenters. The van der Waals surface area contributed by atoms with E-state index < -0.39 is 31.1 Å². The van der Waals surface area contributed by atoms with Crippen molar-refractivity contribution in [3.05, 3.63) is 48.7 Å². The molecule has 5 rings (SSSR count). The van der Waals surface area contributed by atoms with E-state index >= 15 is 0 Å². The maximum Gasteiger partial charge on any atom is 0.224 e. The van der Waals surface area contributed by atoms with Crippen LogP contribution in [0.3, 0.4) is 0 Å². The zero-order valence-corrected chi connectivity index (χ0v) is 19.9. The number of H-pyrrole nitrogens is 1. The maximum absolute atomic E-state index is 12.3. The second-order valence-corrected chi connectivity index (χ2v) is 8.70. The molecular formula is C24H29N7O6. The first-order valence-electron chi connectivity index (χ1n) is 12.0. The second-order valence-electron chi connectivity index (χ2n) is 8.70. The number of ether oxygens (including phenoxy) is 2. The van der Waals surface area contributed by atoms with Gasteiger partial charge in [-0.1, -0.05) is 18.2 Å². The standard InChI is InChI=1S/C24H29N7O6/c32-11-17-20(34)21(35)24(37-17)31-13-30-19-22(28-12-29-23(19)31)26-6-8-36-7-5-25-18(33)9-14-10-27-16-4-2-1-3-15(14)16/h1-4,10,12-13,17,20-21,24,27,32,34-35H,5-9,11H2,(H,25,33)(H,26,28,29)/t17-,20-,21-,24-/m1/s1. The lowest BCUT2D eigenvalue weighted by molar-refractivity contribution is -0.120. The molecular weight excluding hydrogens is 482 g/mol. The molecule has 13 nitrogen and oxygen atoms in total. The van der Waals surface area contributed by atoms with E-state index in [0.717, 1.165) is 16.5 Å². The Hall–Kier alpha value is -3.62. The summed E-state index contributed by atoms with van der Waals surface area (Å²) in [6.07, 6.45) is 0.665. The highest BCUT2D eigenvalue weighted by molar-refractivity contribution is 5.88. The number of fused-ring (bicyclic) bond motifs is 2. The minimum absolute atomic E-state index is 0.0698. The molecule has 6 N–H and O–H groups in total. The predicted molar refractivity (Wildman–Crippen MR) is 133 cm³/mol. The second kappa shape index (κ2) is 11.2. The first-order chi connectivity index (χ1) is 18.1. The molecule has 37 heavy (non-hydrogen) atoms. The van der Waals surface area contributed by atoms with E-state index in [4.69, 9.17) is 9.47 Å². The van der Waals surface area contributed by atoms with E-state index in [1.807, 2.05) is 30.5 Å². The van der Waals surface area contributed by atoms with E-state index in [2.05, 4.69) is 30.6 Å². The van der Waals surface area contributed by atoms with E-state index in [1.165, 1.54) is 17.2 Å². The third kappa shape index (κ3) is 5.26. The summed E-state index contributed by atoms with van der Waals surface area (Å²) < 4.78 is 12.7. The predicted octanol–water partition coefficient (Wildman–Crippen LogP) is -0.293. The highest BCUT2D eigenvalue weighted by atomic mass is 16.6. The van der Waals surface area contributed by atoms with Gasteiger partial charge in [0.05, 0.1) is 32.6 Å². The van der Waals surface area contributed by atoms with Crippen molar-refractivity contribution in [3.63, 3.8) is 0 Å². The van der Waals surface area contributed by atoms with Crippen LogP contribution in [0.1, 0.15) is 11.8 Å². The van der Waals surface area contributed by atoms with Gasteiger partial charge in [-0.05, 0) is 11.6 Å². The van der Waals surface area contributed by atoms with E-state index in [1.54, 1.807) is 0 Å². The van der Waals surface area contributed by atoms with Gasteiger partial charge >= 0.3 is 0 Å². The number of aromatic nitrogens is 5. The Kier molecular flexibility index (Phi) is 7.58. The summed E-state index contributed by atoms with van der Waals surface area (Å²) in [4.78, 5) is 28.2. The number of nitrogens with one attached hydrogen (secondary N) is 3. The number of imidazole rings is 1. The molecule has 1 aliphatic rings. The maximum atomic E-state index is 12.3. The summed E-state index contributed by atoms with van der Waals surface area (Å²) in [6.45, 7) is 1.15. The number of carbonyl (C=O) groups excluding carboxylic acids is 1. The number of amides is 1. The van der Waals surface area contributed by atoms with Gasteiger partial charge in [0.1, 0.15) is 24.6 Å². The molecule has 0 saturated carbocycles. The molecule has 4 heterocycles. The molecule has 0 radical (unpaired) electrons. The largest absolute Gasteiger partial charge is 0.394 e. The number of nitrogens with zero attached hydrogens (tertiary/aromatic N) is 4. The van der Waals surface area contributed by atoms with Crippen molar-refractivity contribution in [2.45, 2.75) is 31.0 Å². The van der Waals surface area contributed by atoms with Crippen LogP contribution < -0.4 is 10.6 Å². The Morgan fingerprint density at radius 2 is 1.97 bits per heavy atom. The van der Waals surface area contributed by atoms with Crippen LogP contribution in [0.5, 0.6) is 0 Å². The molecule has 3 aromatic heterocycles. The number of hydrogen-bond acceptors (Lipinski definition) is 10. The van der Waals surface area contributed by atoms with E-state index in [-0.39, 0.29) is 5.91 Å². The van der Waals surface area contributed by atoms with E-state index in [0.29, 0.717) is 49.7 Å². The van der Waals surface area contributed by atoms with Crippen LogP contribution in [0.2, 0.25) is 0 Å². The number of aromatic amines is 1. The van der Waals surface area contributed by atoms with Crippen molar-refractivity contribution in [1.82, 2.24) is 29.8 Å². The molecule has 4 aromatic rings. The van der Waals surface area contributed by atoms with Crippen molar-refractivity contribution >= 4 is 33.8 Å². The van der Waals surface area contributed by atoms with Crippen LogP contribution in [0.4, 0.5) is 5.82 Å². The molecule has 0 bridgehead atoms. The number of para-hydroxylation sites is 1. The molecule has 13 heteroatoms. The van der Waals surface area contributed by atoms with Gasteiger partial charge < -0.3 is 40.4 Å². The highest BCUT2D eigenvalue weighted by Gasteiger charge is 2.44. The topological polar surface area (TPSA) is 180 Å². The van der Waals surface area contributed by atoms with Crippen molar-refractivity contribution in [2.75, 3.05) is 38.2 Å². The summed E-state index contributed by atoms with van der Waals surface area (Å²) in [5.41, 5.74) is 2.83. The number of anilines is 1. The first kappa shape index (κ1) is 25.0. The fourth-order valence-electron chi connectivity index (χ4n) is 4.40. The quantitative estimate of drug-likeness (QED) is 0.146. The van der Waals surface area contributed by atoms with Gasteiger partial charge in [0.2, 0.25) is 5.91 Å². The van der Waals surface area contributed by atoms with E-state index in [9.17, 15) is 20.1 Å². The van der Waals surface area contributed by atoms with Crippen LogP contribution >= 0.6 is 0 Å². The van der Waals surface area contributed by atoms with Crippen molar-refractivity contribution in [1.29, 1.82) is 0 Å². The van der Waals surface area contributed by atoms with Crippen LogP contribution in [0.15, 0.2) is 43.1 Å². The zero-order chi connectivity index (χ0) is 25.8. The molecule has 1 aromatic carbocycles. The molecule has 1 fully saturated rings. The summed E-state index contributed by atoms with van der Waals surface area (Å²) in [5.74, 6) is 0.408. The summed E-state index contributed by atoms with van der Waals surface area (Å²) in [5, 5.41) is 36.7. The Morgan fingerprint density at radius 1 is 1.14 bits per heavy atom. The Balaban J connectivity index is 1.06. The summed E-state index contributed by atoms with van der Waals surface area (Å²) in [6, 6.07) is 7.86. The molecule has 1 amide bonds. The molecule has 0 aliphatic carbocycles. The van der Waals surface area contributed by atoms with Crippen LogP contribution in [-0.2, 0) is 20.7 Å². The number of benzene rings is 1. The van der Waals surface area contributed by atoms with Gasteiger partial charge in [-0.15, -0.1) is 0 Å². The third-order valence-corrected chi connectivity index (χ3v) is 6.28. The summed E-state index contributed by atoms with van der Waals surface area (Å²) in [7, 11) is 0. The van der Waals surface area contributed by atoms with Crippen molar-refractivity contribution < 1.29 is 29.6 Å². The van der Waals surface area contributed by atoms with Gasteiger partial charge in [-0.3, -0.25) is 9.36 Å². The minimum Gasteiger partial charge on any atom is -0.394 e. The van der Waals surface area contributed by atoms with Gasteiger partial charge in [-0.25, -0.2) is 15.0 Å². The van der Waals surface area contributed by atoms with Crippen LogP contribution in [0, 0.1) is 0 Å². The lowest BCUT2D eigenvalue weighted by Crippen LogP contribution is -2.33. The fraction of sp³-hybridized carbons (Fsp3) is 0.417. The summed E-state index contributed by atoms with van der Waals surface area (Å²) >= 11 is 0. The van der Waals surface area contributed by atoms with Crippen LogP contribution in [-0.4, -0.2) is 97.0 Å². The number of aliphatic hydroxyl groups is 3. The van der Waals surface area contributed by atoms with Gasteiger partial charge in [0.15, 0.2) is 23.2 Å². The van der Waals surface area contributed by atoms with Gasteiger partial charge in [0, 0.05) is 30.2 Å². The molecule has 0 spiro atoms. The van der Waals surface area contributed by atoms with Crippen molar-refractivity contribution in [2.24, 2.45) is 0 Å². The first-order valence-corrected chi connectivity index (χ1v) is 12.0. The molecule has 196 valence electrons. The lowest BCUT2D eigenvalue weighted by Gasteiger charge is -2.16. The Labute approximate surface area is 211 Å². The normalized spacial score (nSPS) is 21.6. The average Bonchev–Trinajstić information content (AvgIpc) is 3.60. The minimum atomic E-state index is -1.24. The van der Waals surface area contributed by atoms with Gasteiger partial charge in [0.25, 0.3) is 0 Å². The average molecular weight is 512 g/mol. The molecule has 1 saturated heterocycles. The SMILES string of the molecule is O=C(Cc1c[nH]c2ccccc12)NCCOCCNc1ncnc2c1ncn2[C@@H]1O[C@H](CO)[C@@H](O)[C@H]1O. The smallest absolute Gasteiger partial charge is 0.224 e. The highest BCUT2D eigenvalue weighted by Crippen LogP contribution is 2.32. The zero-order valence-electron chi connectivity index (χ0n) is 19.9. The third-order valence-electron chi connectivity index (χ3n) is 6.28. The Morgan fingerprint density at radius 3 is 2.81 bits per heavy atom. The fourth-order valence-corrected chi connectivity index (χ4v) is 4.40. The molecule has 0 unspecified atom stereocenters. The number of carbonyl (C=O) groups is 1. The van der Waals surface area contributed by atoms with Crippen molar-refractivity contribution in [3.8, 4) is 0 Å². The molecule has 1 aliphatic heterocycles. The van der Waals surface area contributed by atoms with Gasteiger partial charge in [-0.2, -0.15) is 0 Å². The Bertz CT molecular complexity index is 1360. The number of aliphatic hydroxyl groups excluding tert-OH is 3. The number of hydrogen-bond donors (Lipinski definition) is 6. The lowest BCUT2D eigenvalue weighted by atomic mass is 10.1. The van der Waals surface area contributed by atoms with Crippen LogP contribution in [0.25, 0.3) is 22.1 Å². The number of rotatable bonds is 11.